The van der Waals surface area contributed by atoms with Crippen molar-refractivity contribution in [3.63, 3.8) is 0 Å². The molecule has 2 aromatic rings. The molecule has 0 saturated heterocycles. The van der Waals surface area contributed by atoms with Gasteiger partial charge in [-0.15, -0.1) is 14.8 Å². The lowest BCUT2D eigenvalue weighted by Crippen LogP contribution is -2.01. The maximum absolute atomic E-state index is 10.7. The van der Waals surface area contributed by atoms with E-state index in [2.05, 4.69) is 15.2 Å². The number of aryl methyl sites for hydroxylation is 1. The molecule has 0 aliphatic rings. The van der Waals surface area contributed by atoms with Crippen molar-refractivity contribution >= 4 is 17.3 Å². The molecule has 0 aromatic carbocycles. The van der Waals surface area contributed by atoms with Crippen LogP contribution < -0.4 is 5.73 Å². The SMILES string of the molecule is Cc1c(C(=O)O)nn2ncnc(N)c12. The standard InChI is InChI=1S/C7H7N5O2/c1-3-4(7(13)14)11-12-5(3)6(8)9-2-10-12/h2H,1H3,(H,13,14)(H2,8,9,10). The Morgan fingerprint density at radius 3 is 2.93 bits per heavy atom. The fourth-order valence-corrected chi connectivity index (χ4v) is 1.26. The van der Waals surface area contributed by atoms with Gasteiger partial charge in [0.05, 0.1) is 0 Å². The number of aromatic carboxylic acids is 1. The summed E-state index contributed by atoms with van der Waals surface area (Å²) in [6.07, 6.45) is 1.22. The molecule has 3 N–H and O–H groups in total. The molecule has 2 rings (SSSR count). The number of carbonyl (C=O) groups is 1. The summed E-state index contributed by atoms with van der Waals surface area (Å²) in [6.45, 7) is 1.62. The van der Waals surface area contributed by atoms with E-state index in [0.717, 1.165) is 0 Å². The van der Waals surface area contributed by atoms with E-state index in [1.165, 1.54) is 11.0 Å². The Morgan fingerprint density at radius 2 is 2.36 bits per heavy atom. The Bertz CT molecular complexity index is 518. The summed E-state index contributed by atoms with van der Waals surface area (Å²) >= 11 is 0. The Hall–Kier alpha value is -2.18. The zero-order valence-corrected chi connectivity index (χ0v) is 7.30. The Morgan fingerprint density at radius 1 is 1.64 bits per heavy atom. The molecule has 0 atom stereocenters. The molecule has 2 heterocycles. The van der Waals surface area contributed by atoms with Crippen LogP contribution in [-0.2, 0) is 0 Å². The largest absolute Gasteiger partial charge is 0.476 e. The van der Waals surface area contributed by atoms with E-state index < -0.39 is 5.97 Å². The van der Waals surface area contributed by atoms with Crippen LogP contribution in [-0.4, -0.2) is 30.9 Å². The molecule has 0 unspecified atom stereocenters. The molecule has 0 aliphatic carbocycles. The summed E-state index contributed by atoms with van der Waals surface area (Å²) in [5.74, 6) is -0.884. The minimum Gasteiger partial charge on any atom is -0.476 e. The fourth-order valence-electron chi connectivity index (χ4n) is 1.26. The number of nitrogens with two attached hydrogens (primary N) is 1. The third-order valence-corrected chi connectivity index (χ3v) is 1.91. The molecule has 2 aromatic heterocycles. The van der Waals surface area contributed by atoms with Gasteiger partial charge in [0.2, 0.25) is 0 Å². The third kappa shape index (κ3) is 0.987. The van der Waals surface area contributed by atoms with E-state index in [1.807, 2.05) is 0 Å². The summed E-state index contributed by atoms with van der Waals surface area (Å²) in [7, 11) is 0. The van der Waals surface area contributed by atoms with Crippen molar-refractivity contribution in [2.75, 3.05) is 5.73 Å². The quantitative estimate of drug-likeness (QED) is 0.644. The topological polar surface area (TPSA) is 106 Å². The predicted octanol–water partition coefficient (Wildman–Crippen LogP) is -0.287. The number of carboxylic acids is 1. The number of anilines is 1. The van der Waals surface area contributed by atoms with Crippen LogP contribution in [0.5, 0.6) is 0 Å². The Labute approximate surface area is 78.2 Å². The second kappa shape index (κ2) is 2.66. The Balaban J connectivity index is 2.87. The highest BCUT2D eigenvalue weighted by Gasteiger charge is 2.17. The minimum atomic E-state index is -1.10. The zero-order chi connectivity index (χ0) is 10.3. The lowest BCUT2D eigenvalue weighted by Gasteiger charge is -1.94. The van der Waals surface area contributed by atoms with Crippen LogP contribution in [0.25, 0.3) is 5.52 Å². The molecule has 0 radical (unpaired) electrons. The molecule has 7 heteroatoms. The van der Waals surface area contributed by atoms with Crippen molar-refractivity contribution in [3.05, 3.63) is 17.6 Å². The number of nitrogen functional groups attached to an aromatic ring is 1. The minimum absolute atomic E-state index is 0.0581. The van der Waals surface area contributed by atoms with Gasteiger partial charge in [0.15, 0.2) is 11.5 Å². The van der Waals surface area contributed by atoms with Crippen molar-refractivity contribution in [1.29, 1.82) is 0 Å². The molecule has 0 aliphatic heterocycles. The number of aromatic nitrogens is 4. The average Bonchev–Trinajstić information content (AvgIpc) is 2.45. The van der Waals surface area contributed by atoms with Gasteiger partial charge in [0, 0.05) is 5.56 Å². The van der Waals surface area contributed by atoms with E-state index in [1.54, 1.807) is 6.92 Å². The number of carboxylic acid groups (broad SMARTS) is 1. The number of fused-ring (bicyclic) bond motifs is 1. The van der Waals surface area contributed by atoms with Gasteiger partial charge in [-0.1, -0.05) is 0 Å². The highest BCUT2D eigenvalue weighted by atomic mass is 16.4. The van der Waals surface area contributed by atoms with Crippen LogP contribution in [0.2, 0.25) is 0 Å². The van der Waals surface area contributed by atoms with Gasteiger partial charge in [0.1, 0.15) is 11.8 Å². The maximum atomic E-state index is 10.7. The van der Waals surface area contributed by atoms with Crippen molar-refractivity contribution in [1.82, 2.24) is 19.8 Å². The lowest BCUT2D eigenvalue weighted by atomic mass is 10.2. The number of hydrogen-bond acceptors (Lipinski definition) is 5. The molecule has 7 nitrogen and oxygen atoms in total. The van der Waals surface area contributed by atoms with Gasteiger partial charge in [-0.05, 0) is 6.92 Å². The second-order valence-corrected chi connectivity index (χ2v) is 2.76. The summed E-state index contributed by atoms with van der Waals surface area (Å²) in [5.41, 5.74) is 6.41. The molecule has 0 spiro atoms. The van der Waals surface area contributed by atoms with Crippen LogP contribution in [0.1, 0.15) is 16.1 Å². The summed E-state index contributed by atoms with van der Waals surface area (Å²) in [4.78, 5) is 14.5. The predicted molar refractivity (Wildman–Crippen MR) is 46.9 cm³/mol. The van der Waals surface area contributed by atoms with Crippen LogP contribution in [0.15, 0.2) is 6.33 Å². The first-order chi connectivity index (χ1) is 6.61. The molecular weight excluding hydrogens is 186 g/mol. The number of rotatable bonds is 1. The summed E-state index contributed by atoms with van der Waals surface area (Å²) < 4.78 is 1.17. The van der Waals surface area contributed by atoms with Crippen molar-refractivity contribution in [2.45, 2.75) is 6.92 Å². The first-order valence-electron chi connectivity index (χ1n) is 3.80. The van der Waals surface area contributed by atoms with Gasteiger partial charge in [0.25, 0.3) is 0 Å². The maximum Gasteiger partial charge on any atom is 0.356 e. The van der Waals surface area contributed by atoms with Gasteiger partial charge in [-0.25, -0.2) is 9.78 Å². The molecule has 14 heavy (non-hydrogen) atoms. The van der Waals surface area contributed by atoms with Gasteiger partial charge < -0.3 is 10.8 Å². The highest BCUT2D eigenvalue weighted by Crippen LogP contribution is 2.17. The highest BCUT2D eigenvalue weighted by molar-refractivity contribution is 5.91. The smallest absolute Gasteiger partial charge is 0.356 e. The van der Waals surface area contributed by atoms with E-state index in [9.17, 15) is 4.79 Å². The normalized spacial score (nSPS) is 10.6. The average molecular weight is 193 g/mol. The lowest BCUT2D eigenvalue weighted by molar-refractivity contribution is 0.0689. The molecule has 72 valence electrons. The molecule has 0 saturated carbocycles. The van der Waals surface area contributed by atoms with Gasteiger partial charge >= 0.3 is 5.97 Å². The molecule has 0 bridgehead atoms. The summed E-state index contributed by atoms with van der Waals surface area (Å²) in [6, 6.07) is 0. The van der Waals surface area contributed by atoms with Gasteiger partial charge in [-0.3, -0.25) is 0 Å². The molecule has 0 fully saturated rings. The number of hydrogen-bond donors (Lipinski definition) is 2. The second-order valence-electron chi connectivity index (χ2n) is 2.76. The van der Waals surface area contributed by atoms with Crippen LogP contribution >= 0.6 is 0 Å². The van der Waals surface area contributed by atoms with E-state index in [0.29, 0.717) is 11.1 Å². The van der Waals surface area contributed by atoms with Crippen LogP contribution in [0, 0.1) is 6.92 Å². The summed E-state index contributed by atoms with van der Waals surface area (Å²) in [5, 5.41) is 16.3. The Kier molecular flexibility index (Phi) is 1.60. The first-order valence-corrected chi connectivity index (χ1v) is 3.80. The van der Waals surface area contributed by atoms with E-state index >= 15 is 0 Å². The van der Waals surface area contributed by atoms with Crippen molar-refractivity contribution in [2.24, 2.45) is 0 Å². The zero-order valence-electron chi connectivity index (χ0n) is 7.30. The van der Waals surface area contributed by atoms with E-state index in [4.69, 9.17) is 10.8 Å². The first kappa shape index (κ1) is 8.42. The third-order valence-electron chi connectivity index (χ3n) is 1.91. The monoisotopic (exact) mass is 193 g/mol. The van der Waals surface area contributed by atoms with Crippen LogP contribution in [0.3, 0.4) is 0 Å². The van der Waals surface area contributed by atoms with Crippen LogP contribution in [0.4, 0.5) is 5.82 Å². The van der Waals surface area contributed by atoms with Crippen molar-refractivity contribution in [3.8, 4) is 0 Å². The fraction of sp³-hybridized carbons (Fsp3) is 0.143. The van der Waals surface area contributed by atoms with Crippen molar-refractivity contribution < 1.29 is 9.90 Å². The number of nitrogens with zero attached hydrogens (tertiary/aromatic N) is 4. The molecular formula is C7H7N5O2. The van der Waals surface area contributed by atoms with E-state index in [-0.39, 0.29) is 11.5 Å². The molecule has 0 amide bonds. The van der Waals surface area contributed by atoms with Gasteiger partial charge in [-0.2, -0.15) is 0 Å².